The fourth-order valence-electron chi connectivity index (χ4n) is 2.11. The van der Waals surface area contributed by atoms with Gasteiger partial charge >= 0.3 is 0 Å². The standard InChI is InChI=1S/C16H15F2NO/c1-11(15-5-3-4-6-16(15)18)19(2)14-8-12(10-20)7-13(17)9-14/h3-11H,1-2H3. The van der Waals surface area contributed by atoms with Gasteiger partial charge in [-0.05, 0) is 31.2 Å². The van der Waals surface area contributed by atoms with Gasteiger partial charge in [-0.1, -0.05) is 18.2 Å². The van der Waals surface area contributed by atoms with E-state index in [2.05, 4.69) is 0 Å². The Morgan fingerprint density at radius 1 is 1.15 bits per heavy atom. The van der Waals surface area contributed by atoms with Crippen molar-refractivity contribution in [3.05, 3.63) is 65.2 Å². The highest BCUT2D eigenvalue weighted by atomic mass is 19.1. The molecule has 0 saturated carbocycles. The van der Waals surface area contributed by atoms with E-state index in [-0.39, 0.29) is 17.4 Å². The van der Waals surface area contributed by atoms with Crippen LogP contribution in [0.3, 0.4) is 0 Å². The number of halogens is 2. The van der Waals surface area contributed by atoms with Crippen molar-refractivity contribution in [2.24, 2.45) is 0 Å². The summed E-state index contributed by atoms with van der Waals surface area (Å²) in [6, 6.07) is 10.2. The maximum Gasteiger partial charge on any atom is 0.150 e. The Labute approximate surface area is 116 Å². The van der Waals surface area contributed by atoms with Crippen molar-refractivity contribution in [2.75, 3.05) is 11.9 Å². The number of aldehydes is 1. The van der Waals surface area contributed by atoms with Crippen LogP contribution in [0.5, 0.6) is 0 Å². The molecule has 0 aromatic heterocycles. The van der Waals surface area contributed by atoms with Crippen LogP contribution in [-0.4, -0.2) is 13.3 Å². The summed E-state index contributed by atoms with van der Waals surface area (Å²) in [6.45, 7) is 1.82. The second-order valence-corrected chi connectivity index (χ2v) is 4.67. The van der Waals surface area contributed by atoms with Gasteiger partial charge in [0.1, 0.15) is 17.9 Å². The largest absolute Gasteiger partial charge is 0.368 e. The predicted octanol–water partition coefficient (Wildman–Crippen LogP) is 3.97. The van der Waals surface area contributed by atoms with Crippen molar-refractivity contribution in [1.29, 1.82) is 0 Å². The molecule has 0 radical (unpaired) electrons. The zero-order valence-electron chi connectivity index (χ0n) is 11.3. The van der Waals surface area contributed by atoms with E-state index in [1.165, 1.54) is 12.1 Å². The Balaban J connectivity index is 2.36. The normalized spacial score (nSPS) is 12.0. The number of nitrogens with zero attached hydrogens (tertiary/aromatic N) is 1. The van der Waals surface area contributed by atoms with Crippen LogP contribution in [0, 0.1) is 11.6 Å². The molecule has 4 heteroatoms. The van der Waals surface area contributed by atoms with Crippen molar-refractivity contribution in [3.63, 3.8) is 0 Å². The third-order valence-corrected chi connectivity index (χ3v) is 3.38. The first kappa shape index (κ1) is 14.2. The van der Waals surface area contributed by atoms with E-state index in [4.69, 9.17) is 0 Å². The summed E-state index contributed by atoms with van der Waals surface area (Å²) in [5.41, 5.74) is 1.31. The average molecular weight is 275 g/mol. The van der Waals surface area contributed by atoms with E-state index in [0.29, 0.717) is 17.5 Å². The first-order chi connectivity index (χ1) is 9.52. The van der Waals surface area contributed by atoms with Crippen LogP contribution in [0.15, 0.2) is 42.5 Å². The molecule has 0 saturated heterocycles. The van der Waals surface area contributed by atoms with Crippen LogP contribution in [-0.2, 0) is 0 Å². The highest BCUT2D eigenvalue weighted by Gasteiger charge is 2.16. The monoisotopic (exact) mass is 275 g/mol. The number of benzene rings is 2. The number of rotatable bonds is 4. The molecule has 2 aromatic carbocycles. The molecular formula is C16H15F2NO. The summed E-state index contributed by atoms with van der Waals surface area (Å²) in [4.78, 5) is 12.5. The Kier molecular flexibility index (Phi) is 4.13. The molecule has 0 spiro atoms. The number of hydrogen-bond acceptors (Lipinski definition) is 2. The van der Waals surface area contributed by atoms with Gasteiger partial charge in [-0.2, -0.15) is 0 Å². The van der Waals surface area contributed by atoms with Gasteiger partial charge in [0.2, 0.25) is 0 Å². The molecule has 0 bridgehead atoms. The molecule has 2 rings (SSSR count). The fraction of sp³-hybridized carbons (Fsp3) is 0.188. The zero-order valence-corrected chi connectivity index (χ0v) is 11.3. The summed E-state index contributed by atoms with van der Waals surface area (Å²) >= 11 is 0. The third-order valence-electron chi connectivity index (χ3n) is 3.38. The maximum atomic E-state index is 13.8. The Hall–Kier alpha value is -2.23. The van der Waals surface area contributed by atoms with E-state index < -0.39 is 5.82 Å². The third kappa shape index (κ3) is 2.85. The number of hydrogen-bond donors (Lipinski definition) is 0. The average Bonchev–Trinajstić information content (AvgIpc) is 2.45. The van der Waals surface area contributed by atoms with Gasteiger partial charge in [-0.3, -0.25) is 4.79 Å². The smallest absolute Gasteiger partial charge is 0.150 e. The first-order valence-electron chi connectivity index (χ1n) is 6.26. The molecule has 20 heavy (non-hydrogen) atoms. The van der Waals surface area contributed by atoms with Crippen LogP contribution < -0.4 is 4.90 Å². The van der Waals surface area contributed by atoms with Gasteiger partial charge in [-0.25, -0.2) is 8.78 Å². The molecule has 1 atom stereocenters. The van der Waals surface area contributed by atoms with E-state index >= 15 is 0 Å². The van der Waals surface area contributed by atoms with Crippen LogP contribution in [0.2, 0.25) is 0 Å². The first-order valence-corrected chi connectivity index (χ1v) is 6.26. The van der Waals surface area contributed by atoms with Gasteiger partial charge in [-0.15, -0.1) is 0 Å². The van der Waals surface area contributed by atoms with Crippen molar-refractivity contribution in [3.8, 4) is 0 Å². The van der Waals surface area contributed by atoms with Gasteiger partial charge in [0, 0.05) is 23.9 Å². The lowest BCUT2D eigenvalue weighted by molar-refractivity contribution is 0.112. The Bertz CT molecular complexity index is 628. The van der Waals surface area contributed by atoms with Crippen molar-refractivity contribution in [1.82, 2.24) is 0 Å². The van der Waals surface area contributed by atoms with Crippen LogP contribution in [0.25, 0.3) is 0 Å². The van der Waals surface area contributed by atoms with E-state index in [1.54, 1.807) is 36.2 Å². The van der Waals surface area contributed by atoms with Gasteiger partial charge in [0.25, 0.3) is 0 Å². The SMILES string of the molecule is CC(c1ccccc1F)N(C)c1cc(F)cc(C=O)c1. The van der Waals surface area contributed by atoms with Crippen LogP contribution >= 0.6 is 0 Å². The van der Waals surface area contributed by atoms with Crippen LogP contribution in [0.1, 0.15) is 28.9 Å². The minimum Gasteiger partial charge on any atom is -0.368 e. The van der Waals surface area contributed by atoms with Crippen molar-refractivity contribution >= 4 is 12.0 Å². The quantitative estimate of drug-likeness (QED) is 0.787. The summed E-state index contributed by atoms with van der Waals surface area (Å²) in [5.74, 6) is -0.795. The molecule has 0 aliphatic rings. The van der Waals surface area contributed by atoms with Gasteiger partial charge in [0.15, 0.2) is 0 Å². The highest BCUT2D eigenvalue weighted by Crippen LogP contribution is 2.27. The molecule has 0 fully saturated rings. The van der Waals surface area contributed by atoms with Gasteiger partial charge < -0.3 is 4.90 Å². The fourth-order valence-corrected chi connectivity index (χ4v) is 2.11. The highest BCUT2D eigenvalue weighted by molar-refractivity contribution is 5.77. The Morgan fingerprint density at radius 2 is 1.85 bits per heavy atom. The lowest BCUT2D eigenvalue weighted by Crippen LogP contribution is -2.22. The van der Waals surface area contributed by atoms with E-state index in [9.17, 15) is 13.6 Å². The summed E-state index contributed by atoms with van der Waals surface area (Å²) in [5, 5.41) is 0. The van der Waals surface area contributed by atoms with Crippen LogP contribution in [0.4, 0.5) is 14.5 Å². The molecule has 0 aliphatic heterocycles. The molecule has 0 amide bonds. The molecule has 0 aliphatic carbocycles. The lowest BCUT2D eigenvalue weighted by atomic mass is 10.1. The molecule has 0 N–H and O–H groups in total. The minimum atomic E-state index is -0.489. The topological polar surface area (TPSA) is 20.3 Å². The predicted molar refractivity (Wildman–Crippen MR) is 75.0 cm³/mol. The van der Waals surface area contributed by atoms with Crippen molar-refractivity contribution < 1.29 is 13.6 Å². The molecule has 1 unspecified atom stereocenters. The Morgan fingerprint density at radius 3 is 2.50 bits per heavy atom. The van der Waals surface area contributed by atoms with E-state index in [1.807, 2.05) is 6.92 Å². The zero-order chi connectivity index (χ0) is 14.7. The molecule has 104 valence electrons. The minimum absolute atomic E-state index is 0.257. The van der Waals surface area contributed by atoms with Gasteiger partial charge in [0.05, 0.1) is 6.04 Å². The van der Waals surface area contributed by atoms with E-state index in [0.717, 1.165) is 6.07 Å². The number of carbonyl (C=O) groups is 1. The molecule has 2 aromatic rings. The second-order valence-electron chi connectivity index (χ2n) is 4.67. The summed E-state index contributed by atoms with van der Waals surface area (Å²) < 4.78 is 27.2. The summed E-state index contributed by atoms with van der Waals surface area (Å²) in [6.07, 6.45) is 0.591. The number of anilines is 1. The molecule has 0 heterocycles. The second kappa shape index (κ2) is 5.82. The van der Waals surface area contributed by atoms with Crippen molar-refractivity contribution in [2.45, 2.75) is 13.0 Å². The molecule has 2 nitrogen and oxygen atoms in total. The lowest BCUT2D eigenvalue weighted by Gasteiger charge is -2.28. The number of carbonyl (C=O) groups excluding carboxylic acids is 1. The maximum absolute atomic E-state index is 13.8. The molecular weight excluding hydrogens is 260 g/mol. The summed E-state index contributed by atoms with van der Waals surface area (Å²) in [7, 11) is 1.74.